The van der Waals surface area contributed by atoms with Crippen molar-refractivity contribution in [1.29, 1.82) is 0 Å². The number of hydrogen-bond donors (Lipinski definition) is 2. The molecule has 0 radical (unpaired) electrons. The van der Waals surface area contributed by atoms with Gasteiger partial charge in [0.05, 0.1) is 0 Å². The van der Waals surface area contributed by atoms with Gasteiger partial charge in [0.15, 0.2) is 6.61 Å². The van der Waals surface area contributed by atoms with Crippen LogP contribution in [0.3, 0.4) is 0 Å². The average Bonchev–Trinajstić information content (AvgIpc) is 2.50. The summed E-state index contributed by atoms with van der Waals surface area (Å²) in [7, 11) is 0. The van der Waals surface area contributed by atoms with Crippen LogP contribution < -0.4 is 20.4 Å². The quantitative estimate of drug-likeness (QED) is 0.342. The third kappa shape index (κ3) is 3.75. The van der Waals surface area contributed by atoms with Gasteiger partial charge in [-0.05, 0) is 23.6 Å². The summed E-state index contributed by atoms with van der Waals surface area (Å²) in [5, 5.41) is 24.2. The van der Waals surface area contributed by atoms with Crippen molar-refractivity contribution in [3.8, 4) is 11.5 Å². The Labute approximate surface area is 120 Å². The van der Waals surface area contributed by atoms with Gasteiger partial charge in [0, 0.05) is 11.3 Å². The van der Waals surface area contributed by atoms with Crippen LogP contribution in [0.25, 0.3) is 10.8 Å². The number of aliphatic carboxylic acids is 1. The number of carbonyl (C=O) groups is 1. The Morgan fingerprint density at radius 3 is 2.76 bits per heavy atom. The molecule has 3 N–H and O–H groups in total. The van der Waals surface area contributed by atoms with E-state index < -0.39 is 18.5 Å². The van der Waals surface area contributed by atoms with Crippen LogP contribution in [0.4, 0.5) is 0 Å². The molecule has 0 aliphatic carbocycles. The van der Waals surface area contributed by atoms with Crippen LogP contribution >= 0.6 is 0 Å². The Morgan fingerprint density at radius 2 is 2.05 bits per heavy atom. The highest BCUT2D eigenvalue weighted by Gasteiger charge is 2.06. The maximum Gasteiger partial charge on any atom is 0.341 e. The predicted octanol–water partition coefficient (Wildman–Crippen LogP) is 0.314. The fraction of sp³-hybridized carbons (Fsp3) is 0.143. The molecule has 110 valence electrons. The second-order valence-electron chi connectivity index (χ2n) is 4.13. The number of hydrogen-bond acceptors (Lipinski definition) is 6. The zero-order valence-electron chi connectivity index (χ0n) is 11.0. The molecule has 0 fully saturated rings. The van der Waals surface area contributed by atoms with Gasteiger partial charge >= 0.3 is 5.97 Å². The first-order valence-corrected chi connectivity index (χ1v) is 6.04. The predicted molar refractivity (Wildman–Crippen MR) is 74.2 cm³/mol. The highest BCUT2D eigenvalue weighted by Crippen LogP contribution is 2.29. The SMILES string of the molecule is NN=C([O-])COc1ccc2cccc(OCC(=O)O)c2c1. The molecule has 0 heterocycles. The lowest BCUT2D eigenvalue weighted by Crippen LogP contribution is -2.26. The first-order valence-electron chi connectivity index (χ1n) is 6.04. The van der Waals surface area contributed by atoms with Crippen molar-refractivity contribution < 1.29 is 24.5 Å². The van der Waals surface area contributed by atoms with Gasteiger partial charge in [-0.2, -0.15) is 0 Å². The van der Waals surface area contributed by atoms with Gasteiger partial charge in [-0.1, -0.05) is 18.2 Å². The lowest BCUT2D eigenvalue weighted by atomic mass is 10.1. The standard InChI is InChI=1S/C14H14N2O5/c15-16-13(17)7-20-10-5-4-9-2-1-3-12(11(9)6-10)21-8-14(18)19/h1-6H,7-8,15H2,(H,16,17)(H,18,19)/p-1. The van der Waals surface area contributed by atoms with Gasteiger partial charge in [-0.15, -0.1) is 0 Å². The molecule has 0 saturated carbocycles. The summed E-state index contributed by atoms with van der Waals surface area (Å²) < 4.78 is 10.5. The zero-order chi connectivity index (χ0) is 15.2. The molecule has 7 heteroatoms. The molecule has 7 nitrogen and oxygen atoms in total. The number of ether oxygens (including phenoxy) is 2. The Hall–Kier alpha value is -2.96. The van der Waals surface area contributed by atoms with Crippen molar-refractivity contribution in [3.05, 3.63) is 36.4 Å². The van der Waals surface area contributed by atoms with Gasteiger partial charge in [-0.3, -0.25) is 0 Å². The number of benzene rings is 2. The Bertz CT molecular complexity index is 684. The summed E-state index contributed by atoms with van der Waals surface area (Å²) in [4.78, 5) is 10.6. The number of fused-ring (bicyclic) bond motifs is 1. The zero-order valence-corrected chi connectivity index (χ0v) is 11.0. The lowest BCUT2D eigenvalue weighted by molar-refractivity contribution is -0.221. The van der Waals surface area contributed by atoms with E-state index in [1.165, 1.54) is 0 Å². The Kier molecular flexibility index (Phi) is 4.45. The van der Waals surface area contributed by atoms with Crippen molar-refractivity contribution in [2.75, 3.05) is 13.2 Å². The van der Waals surface area contributed by atoms with Crippen LogP contribution in [0.2, 0.25) is 0 Å². The molecule has 0 aliphatic rings. The van der Waals surface area contributed by atoms with E-state index in [0.29, 0.717) is 16.9 Å². The molecule has 0 unspecified atom stereocenters. The molecule has 0 atom stereocenters. The van der Waals surface area contributed by atoms with E-state index >= 15 is 0 Å². The Balaban J connectivity index is 2.26. The molecule has 0 aromatic heterocycles. The summed E-state index contributed by atoms with van der Waals surface area (Å²) in [6.07, 6.45) is 0. The van der Waals surface area contributed by atoms with Crippen LogP contribution in [-0.2, 0) is 4.79 Å². The monoisotopic (exact) mass is 289 g/mol. The van der Waals surface area contributed by atoms with Gasteiger partial charge in [0.2, 0.25) is 0 Å². The van der Waals surface area contributed by atoms with Crippen LogP contribution in [0.5, 0.6) is 11.5 Å². The van der Waals surface area contributed by atoms with Gasteiger partial charge < -0.3 is 25.5 Å². The summed E-state index contributed by atoms with van der Waals surface area (Å²) in [5.74, 6) is 4.06. The molecule has 21 heavy (non-hydrogen) atoms. The minimum Gasteiger partial charge on any atom is -0.858 e. The van der Waals surface area contributed by atoms with Crippen LogP contribution in [0, 0.1) is 0 Å². The minimum absolute atomic E-state index is 0.264. The van der Waals surface area contributed by atoms with Crippen LogP contribution in [0.15, 0.2) is 41.5 Å². The molecule has 2 aromatic rings. The number of carboxylic acids is 1. The second-order valence-corrected chi connectivity index (χ2v) is 4.13. The summed E-state index contributed by atoms with van der Waals surface area (Å²) in [6.45, 7) is -0.700. The summed E-state index contributed by atoms with van der Waals surface area (Å²) >= 11 is 0. The lowest BCUT2D eigenvalue weighted by Gasteiger charge is -2.12. The maximum absolute atomic E-state index is 11.0. The van der Waals surface area contributed by atoms with E-state index in [4.69, 9.17) is 20.4 Å². The van der Waals surface area contributed by atoms with E-state index in [-0.39, 0.29) is 6.61 Å². The van der Waals surface area contributed by atoms with Gasteiger partial charge in [0.1, 0.15) is 18.1 Å². The third-order valence-corrected chi connectivity index (χ3v) is 2.67. The van der Waals surface area contributed by atoms with Crippen molar-refractivity contribution >= 4 is 22.6 Å². The maximum atomic E-state index is 11.0. The van der Waals surface area contributed by atoms with Gasteiger partial charge in [0.25, 0.3) is 0 Å². The fourth-order valence-corrected chi connectivity index (χ4v) is 1.76. The first-order chi connectivity index (χ1) is 10.1. The van der Waals surface area contributed by atoms with E-state index in [1.54, 1.807) is 30.3 Å². The summed E-state index contributed by atoms with van der Waals surface area (Å²) in [5.41, 5.74) is 0. The molecule has 0 saturated heterocycles. The first kappa shape index (κ1) is 14.4. The third-order valence-electron chi connectivity index (χ3n) is 2.67. The largest absolute Gasteiger partial charge is 0.858 e. The van der Waals surface area contributed by atoms with E-state index in [1.807, 2.05) is 6.07 Å². The highest BCUT2D eigenvalue weighted by atomic mass is 16.5. The molecular formula is C14H13N2O5-. The van der Waals surface area contributed by atoms with Crippen molar-refractivity contribution in [1.82, 2.24) is 0 Å². The highest BCUT2D eigenvalue weighted by molar-refractivity contribution is 5.89. The number of nitrogens with zero attached hydrogens (tertiary/aromatic N) is 1. The number of nitrogens with two attached hydrogens (primary N) is 1. The van der Waals surface area contributed by atoms with Crippen LogP contribution in [-0.4, -0.2) is 30.2 Å². The normalized spacial score (nSPS) is 11.3. The summed E-state index contributed by atoms with van der Waals surface area (Å²) in [6, 6.07) is 10.4. The molecule has 0 amide bonds. The number of rotatable bonds is 6. The second kappa shape index (κ2) is 6.47. The Morgan fingerprint density at radius 1 is 1.24 bits per heavy atom. The van der Waals surface area contributed by atoms with E-state index in [9.17, 15) is 9.90 Å². The number of carboxylic acid groups (broad SMARTS) is 1. The van der Waals surface area contributed by atoms with E-state index in [0.717, 1.165) is 5.39 Å². The average molecular weight is 289 g/mol. The van der Waals surface area contributed by atoms with Crippen LogP contribution in [0.1, 0.15) is 0 Å². The number of hydrazone groups is 1. The smallest absolute Gasteiger partial charge is 0.341 e. The van der Waals surface area contributed by atoms with Crippen molar-refractivity contribution in [2.24, 2.45) is 10.9 Å². The van der Waals surface area contributed by atoms with Crippen molar-refractivity contribution in [3.63, 3.8) is 0 Å². The van der Waals surface area contributed by atoms with E-state index in [2.05, 4.69) is 5.10 Å². The molecular weight excluding hydrogens is 276 g/mol. The molecule has 2 aromatic carbocycles. The van der Waals surface area contributed by atoms with Crippen molar-refractivity contribution in [2.45, 2.75) is 0 Å². The minimum atomic E-state index is -1.06. The van der Waals surface area contributed by atoms with Gasteiger partial charge in [-0.25, -0.2) is 9.90 Å². The topological polar surface area (TPSA) is 117 Å². The molecule has 0 spiro atoms. The fourth-order valence-electron chi connectivity index (χ4n) is 1.76. The molecule has 2 rings (SSSR count). The molecule has 0 bridgehead atoms. The molecule has 0 aliphatic heterocycles.